The zero-order valence-electron chi connectivity index (χ0n) is 12.3. The van der Waals surface area contributed by atoms with Gasteiger partial charge < -0.3 is 0 Å². The summed E-state index contributed by atoms with van der Waals surface area (Å²) >= 11 is 2.05. The van der Waals surface area contributed by atoms with Gasteiger partial charge in [-0.2, -0.15) is 17.0 Å². The molecule has 1 aliphatic carbocycles. The maximum Gasteiger partial charge on any atom is 0.105 e. The third-order valence-corrected chi connectivity index (χ3v) is 5.04. The maximum absolute atomic E-state index is 9.34. The molecule has 3 heteroatoms. The Morgan fingerprint density at radius 3 is 2.44 bits per heavy atom. The predicted molar refractivity (Wildman–Crippen MR) is 80.8 cm³/mol. The predicted octanol–water partition coefficient (Wildman–Crippen LogP) is 3.97. The van der Waals surface area contributed by atoms with Crippen LogP contribution in [0.15, 0.2) is 0 Å². The highest BCUT2D eigenvalue weighted by Crippen LogP contribution is 2.31. The van der Waals surface area contributed by atoms with Gasteiger partial charge in [0, 0.05) is 11.3 Å². The molecule has 1 saturated carbocycles. The van der Waals surface area contributed by atoms with Gasteiger partial charge in [0.15, 0.2) is 0 Å². The summed E-state index contributed by atoms with van der Waals surface area (Å²) in [4.78, 5) is 0. The molecule has 104 valence electrons. The SMILES string of the molecule is CC(C)NC(C)(C#N)CC(C)SCC1CCCC1. The van der Waals surface area contributed by atoms with Gasteiger partial charge in [0.25, 0.3) is 0 Å². The fourth-order valence-electron chi connectivity index (χ4n) is 2.89. The zero-order chi connectivity index (χ0) is 13.6. The molecule has 1 N–H and O–H groups in total. The van der Waals surface area contributed by atoms with E-state index in [2.05, 4.69) is 43.9 Å². The summed E-state index contributed by atoms with van der Waals surface area (Å²) in [7, 11) is 0. The van der Waals surface area contributed by atoms with Crippen molar-refractivity contribution in [3.05, 3.63) is 0 Å². The van der Waals surface area contributed by atoms with Crippen LogP contribution in [0.2, 0.25) is 0 Å². The van der Waals surface area contributed by atoms with Crippen LogP contribution in [0.3, 0.4) is 0 Å². The molecule has 0 bridgehead atoms. The number of thioether (sulfide) groups is 1. The Hall–Kier alpha value is -0.200. The molecule has 0 heterocycles. The summed E-state index contributed by atoms with van der Waals surface area (Å²) in [6.45, 7) is 8.49. The van der Waals surface area contributed by atoms with E-state index in [1.165, 1.54) is 31.4 Å². The molecule has 0 saturated heterocycles. The number of nitrogens with zero attached hydrogens (tertiary/aromatic N) is 1. The van der Waals surface area contributed by atoms with Crippen molar-refractivity contribution in [3.8, 4) is 6.07 Å². The van der Waals surface area contributed by atoms with E-state index < -0.39 is 0 Å². The van der Waals surface area contributed by atoms with Crippen LogP contribution in [-0.2, 0) is 0 Å². The Morgan fingerprint density at radius 2 is 1.94 bits per heavy atom. The first-order valence-corrected chi connectivity index (χ1v) is 8.30. The van der Waals surface area contributed by atoms with E-state index in [0.717, 1.165) is 12.3 Å². The molecule has 0 aliphatic heterocycles. The van der Waals surface area contributed by atoms with Gasteiger partial charge in [-0.15, -0.1) is 0 Å². The third-order valence-electron chi connectivity index (χ3n) is 3.64. The van der Waals surface area contributed by atoms with E-state index >= 15 is 0 Å². The van der Waals surface area contributed by atoms with Crippen LogP contribution in [0.4, 0.5) is 0 Å². The number of rotatable bonds is 7. The smallest absolute Gasteiger partial charge is 0.105 e. The summed E-state index contributed by atoms with van der Waals surface area (Å²) in [6, 6.07) is 2.81. The minimum Gasteiger partial charge on any atom is -0.297 e. The average Bonchev–Trinajstić information content (AvgIpc) is 2.78. The highest BCUT2D eigenvalue weighted by atomic mass is 32.2. The second-order valence-corrected chi connectivity index (χ2v) is 7.71. The second-order valence-electron chi connectivity index (χ2n) is 6.24. The molecule has 1 fully saturated rings. The van der Waals surface area contributed by atoms with Gasteiger partial charge in [-0.05, 0) is 51.7 Å². The lowest BCUT2D eigenvalue weighted by Gasteiger charge is -2.29. The van der Waals surface area contributed by atoms with E-state index in [4.69, 9.17) is 0 Å². The van der Waals surface area contributed by atoms with Crippen molar-refractivity contribution in [3.63, 3.8) is 0 Å². The highest BCUT2D eigenvalue weighted by Gasteiger charge is 2.27. The standard InChI is InChI=1S/C15H28N2S/c1-12(2)17-15(4,11-16)9-13(3)18-10-14-7-5-6-8-14/h12-14,17H,5-10H2,1-4H3. The van der Waals surface area contributed by atoms with Crippen molar-refractivity contribution in [1.29, 1.82) is 5.26 Å². The molecule has 0 aromatic carbocycles. The van der Waals surface area contributed by atoms with Gasteiger partial charge in [-0.25, -0.2) is 0 Å². The summed E-state index contributed by atoms with van der Waals surface area (Å²) in [5.41, 5.74) is -0.379. The van der Waals surface area contributed by atoms with Crippen LogP contribution in [-0.4, -0.2) is 22.6 Å². The molecule has 2 unspecified atom stereocenters. The Kier molecular flexibility index (Phi) is 6.52. The van der Waals surface area contributed by atoms with Crippen molar-refractivity contribution in [2.24, 2.45) is 5.92 Å². The summed E-state index contributed by atoms with van der Waals surface area (Å²) in [5, 5.41) is 13.3. The molecular weight excluding hydrogens is 240 g/mol. The molecule has 0 amide bonds. The normalized spacial score (nSPS) is 21.8. The Morgan fingerprint density at radius 1 is 1.33 bits per heavy atom. The lowest BCUT2D eigenvalue weighted by Crippen LogP contribution is -2.46. The van der Waals surface area contributed by atoms with Gasteiger partial charge in [-0.3, -0.25) is 5.32 Å². The number of hydrogen-bond donors (Lipinski definition) is 1. The second kappa shape index (κ2) is 7.40. The number of nitrogens with one attached hydrogen (secondary N) is 1. The molecule has 1 rings (SSSR count). The van der Waals surface area contributed by atoms with Gasteiger partial charge >= 0.3 is 0 Å². The Labute approximate surface area is 117 Å². The topological polar surface area (TPSA) is 35.8 Å². The van der Waals surface area contributed by atoms with Gasteiger partial charge in [-0.1, -0.05) is 19.8 Å². The summed E-state index contributed by atoms with van der Waals surface area (Å²) < 4.78 is 0. The first-order chi connectivity index (χ1) is 8.45. The van der Waals surface area contributed by atoms with Crippen molar-refractivity contribution in [2.75, 3.05) is 5.75 Å². The van der Waals surface area contributed by atoms with Crippen LogP contribution < -0.4 is 5.32 Å². The first kappa shape index (κ1) is 15.9. The van der Waals surface area contributed by atoms with E-state index in [1.54, 1.807) is 0 Å². The number of nitriles is 1. The van der Waals surface area contributed by atoms with Crippen molar-refractivity contribution in [1.82, 2.24) is 5.32 Å². The monoisotopic (exact) mass is 268 g/mol. The van der Waals surface area contributed by atoms with E-state index in [9.17, 15) is 5.26 Å². The van der Waals surface area contributed by atoms with Crippen molar-refractivity contribution >= 4 is 11.8 Å². The molecule has 2 atom stereocenters. The molecule has 0 radical (unpaired) electrons. The molecular formula is C15H28N2S. The molecule has 0 aromatic heterocycles. The van der Waals surface area contributed by atoms with Crippen LogP contribution >= 0.6 is 11.8 Å². The van der Waals surface area contributed by atoms with Crippen molar-refractivity contribution < 1.29 is 0 Å². The Balaban J connectivity index is 2.32. The van der Waals surface area contributed by atoms with Crippen LogP contribution in [0, 0.1) is 17.2 Å². The number of hydrogen-bond acceptors (Lipinski definition) is 3. The van der Waals surface area contributed by atoms with Crippen LogP contribution in [0.1, 0.15) is 59.8 Å². The minimum absolute atomic E-state index is 0.363. The van der Waals surface area contributed by atoms with Gasteiger partial charge in [0.1, 0.15) is 5.54 Å². The van der Waals surface area contributed by atoms with E-state index in [1.807, 2.05) is 6.92 Å². The first-order valence-electron chi connectivity index (χ1n) is 7.26. The van der Waals surface area contributed by atoms with Crippen molar-refractivity contribution in [2.45, 2.75) is 76.6 Å². The summed E-state index contributed by atoms with van der Waals surface area (Å²) in [6.07, 6.45) is 6.60. The quantitative estimate of drug-likeness (QED) is 0.759. The lowest BCUT2D eigenvalue weighted by atomic mass is 9.97. The summed E-state index contributed by atoms with van der Waals surface area (Å²) in [5.74, 6) is 2.22. The fraction of sp³-hybridized carbons (Fsp3) is 0.933. The minimum atomic E-state index is -0.379. The molecule has 1 aliphatic rings. The van der Waals surface area contributed by atoms with E-state index in [-0.39, 0.29) is 5.54 Å². The Bertz CT molecular complexity index is 279. The van der Waals surface area contributed by atoms with E-state index in [0.29, 0.717) is 11.3 Å². The third kappa shape index (κ3) is 5.63. The molecule has 18 heavy (non-hydrogen) atoms. The molecule has 0 spiro atoms. The molecule has 2 nitrogen and oxygen atoms in total. The maximum atomic E-state index is 9.34. The van der Waals surface area contributed by atoms with Crippen LogP contribution in [0.25, 0.3) is 0 Å². The molecule has 0 aromatic rings. The van der Waals surface area contributed by atoms with Gasteiger partial charge in [0.05, 0.1) is 6.07 Å². The highest BCUT2D eigenvalue weighted by molar-refractivity contribution is 7.99. The van der Waals surface area contributed by atoms with Crippen LogP contribution in [0.5, 0.6) is 0 Å². The lowest BCUT2D eigenvalue weighted by molar-refractivity contribution is 0.382. The largest absolute Gasteiger partial charge is 0.297 e. The average molecular weight is 268 g/mol. The zero-order valence-corrected chi connectivity index (χ0v) is 13.1. The fourth-order valence-corrected chi connectivity index (χ4v) is 4.27. The van der Waals surface area contributed by atoms with Gasteiger partial charge in [0.2, 0.25) is 0 Å².